The van der Waals surface area contributed by atoms with E-state index >= 15 is 0 Å². The Kier molecular flexibility index (Phi) is 9.99. The maximum atomic E-state index is 11.8. The molecule has 0 aromatic rings. The number of hydrogen-bond acceptors (Lipinski definition) is 6. The minimum Gasteiger partial charge on any atom is -0.480 e. The summed E-state index contributed by atoms with van der Waals surface area (Å²) < 4.78 is 0. The van der Waals surface area contributed by atoms with Gasteiger partial charge in [0.2, 0.25) is 17.7 Å². The molecule has 23 heavy (non-hydrogen) atoms. The zero-order valence-corrected chi connectivity index (χ0v) is 14.2. The van der Waals surface area contributed by atoms with Crippen LogP contribution in [0.3, 0.4) is 0 Å². The van der Waals surface area contributed by atoms with Crippen LogP contribution in [-0.2, 0) is 19.2 Å². The van der Waals surface area contributed by atoms with Gasteiger partial charge in [0.05, 0.1) is 12.6 Å². The Morgan fingerprint density at radius 2 is 1.70 bits per heavy atom. The van der Waals surface area contributed by atoms with Gasteiger partial charge >= 0.3 is 5.97 Å². The van der Waals surface area contributed by atoms with E-state index < -0.39 is 41.8 Å². The van der Waals surface area contributed by atoms with E-state index in [1.807, 2.05) is 6.26 Å². The summed E-state index contributed by atoms with van der Waals surface area (Å²) in [6.45, 7) is 2.39. The van der Waals surface area contributed by atoms with Crippen molar-refractivity contribution in [3.63, 3.8) is 0 Å². The molecule has 0 aliphatic carbocycles. The molecule has 10 heteroatoms. The summed E-state index contributed by atoms with van der Waals surface area (Å²) in [4.78, 5) is 45.5. The second-order valence-electron chi connectivity index (χ2n) is 4.96. The number of thioether (sulfide) groups is 1. The zero-order chi connectivity index (χ0) is 18.0. The van der Waals surface area contributed by atoms with Gasteiger partial charge in [0.1, 0.15) is 12.1 Å². The summed E-state index contributed by atoms with van der Waals surface area (Å²) in [6, 6.07) is -2.60. The van der Waals surface area contributed by atoms with E-state index in [0.29, 0.717) is 6.42 Å². The molecule has 3 unspecified atom stereocenters. The second-order valence-corrected chi connectivity index (χ2v) is 5.95. The van der Waals surface area contributed by atoms with Crippen LogP contribution in [0.1, 0.15) is 20.3 Å². The van der Waals surface area contributed by atoms with Crippen LogP contribution < -0.4 is 21.7 Å². The SMILES string of the molecule is CSCCC(N)C(=O)NC(C)C(=O)NCC(=O)NC(C)C(=O)O. The number of aliphatic carboxylic acids is 1. The fourth-order valence-corrected chi connectivity index (χ4v) is 1.93. The van der Waals surface area contributed by atoms with E-state index in [2.05, 4.69) is 16.0 Å². The van der Waals surface area contributed by atoms with E-state index in [0.717, 1.165) is 5.75 Å². The van der Waals surface area contributed by atoms with Crippen LogP contribution >= 0.6 is 11.8 Å². The van der Waals surface area contributed by atoms with Crippen LogP contribution in [0, 0.1) is 0 Å². The summed E-state index contributed by atoms with van der Waals surface area (Å²) >= 11 is 1.57. The largest absolute Gasteiger partial charge is 0.480 e. The summed E-state index contributed by atoms with van der Waals surface area (Å²) in [6.07, 6.45) is 2.40. The van der Waals surface area contributed by atoms with Gasteiger partial charge in [-0.25, -0.2) is 0 Å². The van der Waals surface area contributed by atoms with E-state index in [-0.39, 0.29) is 6.54 Å². The molecule has 0 saturated carbocycles. The highest BCUT2D eigenvalue weighted by Crippen LogP contribution is 1.99. The molecule has 6 N–H and O–H groups in total. The average molecular weight is 348 g/mol. The van der Waals surface area contributed by atoms with Gasteiger partial charge < -0.3 is 26.8 Å². The Balaban J connectivity index is 4.18. The third-order valence-electron chi connectivity index (χ3n) is 2.89. The molecule has 0 aromatic carbocycles. The predicted molar refractivity (Wildman–Crippen MR) is 86.8 cm³/mol. The second kappa shape index (κ2) is 10.8. The summed E-state index contributed by atoms with van der Waals surface area (Å²) in [5.41, 5.74) is 5.68. The number of nitrogens with one attached hydrogen (secondary N) is 3. The number of carbonyl (C=O) groups excluding carboxylic acids is 3. The lowest BCUT2D eigenvalue weighted by Crippen LogP contribution is -2.52. The molecule has 9 nitrogen and oxygen atoms in total. The quantitative estimate of drug-likeness (QED) is 0.315. The van der Waals surface area contributed by atoms with E-state index in [4.69, 9.17) is 10.8 Å². The van der Waals surface area contributed by atoms with Crippen LogP contribution in [0.15, 0.2) is 0 Å². The Hall–Kier alpha value is -1.81. The first-order valence-corrected chi connectivity index (χ1v) is 8.43. The Labute approximate surface area is 139 Å². The molecular formula is C13H24N4O5S. The van der Waals surface area contributed by atoms with Crippen LogP contribution in [0.4, 0.5) is 0 Å². The normalized spacial score (nSPS) is 14.3. The van der Waals surface area contributed by atoms with Crippen LogP contribution in [0.5, 0.6) is 0 Å². The van der Waals surface area contributed by atoms with Gasteiger partial charge in [-0.2, -0.15) is 11.8 Å². The summed E-state index contributed by atoms with van der Waals surface area (Å²) in [7, 11) is 0. The number of carbonyl (C=O) groups is 4. The first-order valence-electron chi connectivity index (χ1n) is 7.03. The van der Waals surface area contributed by atoms with Crippen molar-refractivity contribution in [2.75, 3.05) is 18.6 Å². The number of hydrogen-bond donors (Lipinski definition) is 5. The molecule has 0 aromatic heterocycles. The van der Waals surface area contributed by atoms with Crippen LogP contribution in [0.25, 0.3) is 0 Å². The minimum absolute atomic E-state index is 0.380. The van der Waals surface area contributed by atoms with E-state index in [1.165, 1.54) is 13.8 Å². The molecule has 0 heterocycles. The van der Waals surface area contributed by atoms with Gasteiger partial charge in [0.25, 0.3) is 0 Å². The van der Waals surface area contributed by atoms with Crippen molar-refractivity contribution < 1.29 is 24.3 Å². The molecule has 0 radical (unpaired) electrons. The smallest absolute Gasteiger partial charge is 0.325 e. The molecule has 3 amide bonds. The maximum absolute atomic E-state index is 11.8. The van der Waals surface area contributed by atoms with Crippen molar-refractivity contribution in [2.45, 2.75) is 38.4 Å². The Bertz CT molecular complexity index is 446. The molecule has 132 valence electrons. The number of nitrogens with two attached hydrogens (primary N) is 1. The third kappa shape index (κ3) is 9.04. The van der Waals surface area contributed by atoms with Crippen molar-refractivity contribution in [2.24, 2.45) is 5.73 Å². The molecule has 0 bridgehead atoms. The Morgan fingerprint density at radius 1 is 1.09 bits per heavy atom. The van der Waals surface area contributed by atoms with Gasteiger partial charge in [-0.3, -0.25) is 19.2 Å². The van der Waals surface area contributed by atoms with Gasteiger partial charge in [-0.05, 0) is 32.3 Å². The lowest BCUT2D eigenvalue weighted by molar-refractivity contribution is -0.141. The first kappa shape index (κ1) is 21.2. The van der Waals surface area contributed by atoms with Crippen molar-refractivity contribution in [3.8, 4) is 0 Å². The van der Waals surface area contributed by atoms with Gasteiger partial charge in [-0.15, -0.1) is 0 Å². The van der Waals surface area contributed by atoms with Gasteiger partial charge in [0.15, 0.2) is 0 Å². The fourth-order valence-electron chi connectivity index (χ4n) is 1.44. The van der Waals surface area contributed by atoms with Gasteiger partial charge in [-0.1, -0.05) is 0 Å². The van der Waals surface area contributed by atoms with E-state index in [9.17, 15) is 19.2 Å². The van der Waals surface area contributed by atoms with Crippen molar-refractivity contribution in [1.82, 2.24) is 16.0 Å². The molecule has 0 rings (SSSR count). The van der Waals surface area contributed by atoms with Crippen LogP contribution in [-0.4, -0.2) is 65.5 Å². The van der Waals surface area contributed by atoms with E-state index in [1.54, 1.807) is 11.8 Å². The first-order chi connectivity index (χ1) is 10.7. The number of amides is 3. The predicted octanol–water partition coefficient (Wildman–Crippen LogP) is -1.72. The molecule has 0 saturated heterocycles. The van der Waals surface area contributed by atoms with Crippen molar-refractivity contribution >= 4 is 35.5 Å². The van der Waals surface area contributed by atoms with Crippen LogP contribution in [0.2, 0.25) is 0 Å². The molecule has 0 spiro atoms. The lowest BCUT2D eigenvalue weighted by Gasteiger charge is -2.17. The summed E-state index contributed by atoms with van der Waals surface area (Å²) in [5.74, 6) is -2.08. The highest BCUT2D eigenvalue weighted by molar-refractivity contribution is 7.98. The molecule has 0 fully saturated rings. The van der Waals surface area contributed by atoms with Crippen molar-refractivity contribution in [1.29, 1.82) is 0 Å². The highest BCUT2D eigenvalue weighted by atomic mass is 32.2. The monoisotopic (exact) mass is 348 g/mol. The molecule has 0 aliphatic heterocycles. The Morgan fingerprint density at radius 3 is 2.22 bits per heavy atom. The fraction of sp³-hybridized carbons (Fsp3) is 0.692. The third-order valence-corrected chi connectivity index (χ3v) is 3.54. The van der Waals surface area contributed by atoms with Crippen molar-refractivity contribution in [3.05, 3.63) is 0 Å². The highest BCUT2D eigenvalue weighted by Gasteiger charge is 2.20. The lowest BCUT2D eigenvalue weighted by atomic mass is 10.2. The maximum Gasteiger partial charge on any atom is 0.325 e. The molecular weight excluding hydrogens is 324 g/mol. The zero-order valence-electron chi connectivity index (χ0n) is 13.4. The molecule has 3 atom stereocenters. The molecule has 0 aliphatic rings. The number of carboxylic acid groups (broad SMARTS) is 1. The number of carboxylic acids is 1. The topological polar surface area (TPSA) is 151 Å². The summed E-state index contributed by atoms with van der Waals surface area (Å²) in [5, 5.41) is 15.6. The van der Waals surface area contributed by atoms with Gasteiger partial charge in [0, 0.05) is 0 Å². The minimum atomic E-state index is -1.18. The number of rotatable bonds is 10. The standard InChI is InChI=1S/C13H24N4O5S/c1-7(17-12(20)9(14)4-5-23-3)11(19)15-6-10(18)16-8(2)13(21)22/h7-9H,4-6,14H2,1-3H3,(H,15,19)(H,16,18)(H,17,20)(H,21,22). The average Bonchev–Trinajstić information content (AvgIpc) is 2.49.